The molecular formula is C8H11F2N3. The second-order valence-electron chi connectivity index (χ2n) is 3.25. The highest BCUT2D eigenvalue weighted by molar-refractivity contribution is 5.13. The first-order valence-corrected chi connectivity index (χ1v) is 4.46. The van der Waals surface area contributed by atoms with E-state index in [1.54, 1.807) is 0 Å². The molecule has 72 valence electrons. The fourth-order valence-electron chi connectivity index (χ4n) is 1.40. The van der Waals surface area contributed by atoms with E-state index in [4.69, 9.17) is 0 Å². The molecule has 1 heterocycles. The summed E-state index contributed by atoms with van der Waals surface area (Å²) in [4.78, 5) is 0. The van der Waals surface area contributed by atoms with E-state index in [0.29, 0.717) is 12.1 Å². The molecule has 0 spiro atoms. The molecule has 1 aromatic heterocycles. The minimum absolute atomic E-state index is 0.0185. The Morgan fingerprint density at radius 3 is 2.69 bits per heavy atom. The van der Waals surface area contributed by atoms with Gasteiger partial charge in [0.25, 0.3) is 6.43 Å². The van der Waals surface area contributed by atoms with Crippen LogP contribution in [0.5, 0.6) is 0 Å². The molecule has 0 atom stereocenters. The van der Waals surface area contributed by atoms with Crippen molar-refractivity contribution in [3.63, 3.8) is 0 Å². The van der Waals surface area contributed by atoms with Gasteiger partial charge in [-0.1, -0.05) is 12.1 Å². The van der Waals surface area contributed by atoms with Gasteiger partial charge < -0.3 is 0 Å². The number of hydrogen-bond donors (Lipinski definition) is 0. The molecule has 1 fully saturated rings. The van der Waals surface area contributed by atoms with Crippen molar-refractivity contribution in [2.45, 2.75) is 38.7 Å². The van der Waals surface area contributed by atoms with Gasteiger partial charge >= 0.3 is 0 Å². The van der Waals surface area contributed by atoms with Gasteiger partial charge in [-0.2, -0.15) is 0 Å². The molecular weight excluding hydrogens is 176 g/mol. The predicted octanol–water partition coefficient (Wildman–Crippen LogP) is 2.11. The summed E-state index contributed by atoms with van der Waals surface area (Å²) in [5.74, 6) is 0. The van der Waals surface area contributed by atoms with Crippen LogP contribution in [0.25, 0.3) is 0 Å². The fourth-order valence-corrected chi connectivity index (χ4v) is 1.40. The molecule has 0 saturated heterocycles. The average Bonchev–Trinajstić information content (AvgIpc) is 2.84. The van der Waals surface area contributed by atoms with Crippen molar-refractivity contribution in [3.05, 3.63) is 11.4 Å². The van der Waals surface area contributed by atoms with Crippen LogP contribution in [0.4, 0.5) is 8.78 Å². The van der Waals surface area contributed by atoms with E-state index in [9.17, 15) is 8.78 Å². The lowest BCUT2D eigenvalue weighted by Crippen LogP contribution is -2.04. The standard InChI is InChI=1S/C8H11F2N3/c1-2-6-7(8(9)10)13(12-11-6)5-3-4-5/h5,8H,2-4H2,1H3. The maximum Gasteiger partial charge on any atom is 0.281 e. The summed E-state index contributed by atoms with van der Waals surface area (Å²) in [6.07, 6.45) is -0.0317. The highest BCUT2D eigenvalue weighted by Gasteiger charge is 2.31. The zero-order valence-corrected chi connectivity index (χ0v) is 7.37. The van der Waals surface area contributed by atoms with Gasteiger partial charge in [-0.3, -0.25) is 0 Å². The van der Waals surface area contributed by atoms with Crippen molar-refractivity contribution in [2.24, 2.45) is 0 Å². The topological polar surface area (TPSA) is 30.7 Å². The zero-order chi connectivity index (χ0) is 9.42. The number of nitrogens with zero attached hydrogens (tertiary/aromatic N) is 3. The Morgan fingerprint density at radius 1 is 1.54 bits per heavy atom. The summed E-state index contributed by atoms with van der Waals surface area (Å²) in [5, 5.41) is 7.51. The van der Waals surface area contributed by atoms with Crippen LogP contribution in [0.1, 0.15) is 43.6 Å². The van der Waals surface area contributed by atoms with E-state index in [2.05, 4.69) is 10.3 Å². The molecule has 0 radical (unpaired) electrons. The second kappa shape index (κ2) is 3.05. The molecule has 1 saturated carbocycles. The highest BCUT2D eigenvalue weighted by Crippen LogP contribution is 2.37. The van der Waals surface area contributed by atoms with Crippen LogP contribution in [0.3, 0.4) is 0 Å². The number of aromatic nitrogens is 3. The normalized spacial score (nSPS) is 16.9. The summed E-state index contributed by atoms with van der Waals surface area (Å²) < 4.78 is 26.6. The molecule has 2 rings (SSSR count). The molecule has 0 bridgehead atoms. The Morgan fingerprint density at radius 2 is 2.23 bits per heavy atom. The minimum Gasteiger partial charge on any atom is -0.240 e. The van der Waals surface area contributed by atoms with E-state index < -0.39 is 6.43 Å². The lowest BCUT2D eigenvalue weighted by Gasteiger charge is -2.03. The molecule has 0 aromatic carbocycles. The Hall–Kier alpha value is -1.00. The minimum atomic E-state index is -2.45. The van der Waals surface area contributed by atoms with Crippen molar-refractivity contribution >= 4 is 0 Å². The Kier molecular flexibility index (Phi) is 2.01. The van der Waals surface area contributed by atoms with E-state index in [1.165, 1.54) is 4.68 Å². The van der Waals surface area contributed by atoms with Gasteiger partial charge in [0.1, 0.15) is 5.69 Å². The lowest BCUT2D eigenvalue weighted by atomic mass is 10.2. The van der Waals surface area contributed by atoms with Crippen LogP contribution in [0.15, 0.2) is 0 Å². The SMILES string of the molecule is CCc1nnn(C2CC2)c1C(F)F. The van der Waals surface area contributed by atoms with Gasteiger partial charge in [0.2, 0.25) is 0 Å². The van der Waals surface area contributed by atoms with Gasteiger partial charge in [0, 0.05) is 0 Å². The molecule has 3 nitrogen and oxygen atoms in total. The molecule has 1 aliphatic carbocycles. The van der Waals surface area contributed by atoms with E-state index in [-0.39, 0.29) is 11.7 Å². The van der Waals surface area contributed by atoms with Crippen LogP contribution >= 0.6 is 0 Å². The largest absolute Gasteiger partial charge is 0.281 e. The maximum absolute atomic E-state index is 12.6. The maximum atomic E-state index is 12.6. The predicted molar refractivity (Wildman–Crippen MR) is 42.6 cm³/mol. The van der Waals surface area contributed by atoms with Crippen molar-refractivity contribution < 1.29 is 8.78 Å². The molecule has 0 aliphatic heterocycles. The number of hydrogen-bond acceptors (Lipinski definition) is 2. The van der Waals surface area contributed by atoms with Gasteiger partial charge in [-0.05, 0) is 19.3 Å². The summed E-state index contributed by atoms with van der Waals surface area (Å²) in [6.45, 7) is 1.81. The highest BCUT2D eigenvalue weighted by atomic mass is 19.3. The third-order valence-electron chi connectivity index (χ3n) is 2.24. The fraction of sp³-hybridized carbons (Fsp3) is 0.750. The molecule has 1 aromatic rings. The first-order valence-electron chi connectivity index (χ1n) is 4.46. The van der Waals surface area contributed by atoms with Crippen LogP contribution in [-0.4, -0.2) is 15.0 Å². The monoisotopic (exact) mass is 187 g/mol. The number of halogens is 2. The van der Waals surface area contributed by atoms with Crippen LogP contribution in [0.2, 0.25) is 0 Å². The third-order valence-corrected chi connectivity index (χ3v) is 2.24. The van der Waals surface area contributed by atoms with Gasteiger partial charge in [-0.15, -0.1) is 5.10 Å². The molecule has 5 heteroatoms. The van der Waals surface area contributed by atoms with Crippen molar-refractivity contribution in [1.82, 2.24) is 15.0 Å². The number of alkyl halides is 2. The number of aryl methyl sites for hydroxylation is 1. The summed E-state index contributed by atoms with van der Waals surface area (Å²) >= 11 is 0. The van der Waals surface area contributed by atoms with Crippen molar-refractivity contribution in [3.8, 4) is 0 Å². The van der Waals surface area contributed by atoms with Crippen LogP contribution in [0, 0.1) is 0 Å². The average molecular weight is 187 g/mol. The second-order valence-corrected chi connectivity index (χ2v) is 3.25. The quantitative estimate of drug-likeness (QED) is 0.725. The van der Waals surface area contributed by atoms with E-state index in [1.807, 2.05) is 6.92 Å². The Labute approximate surface area is 74.7 Å². The van der Waals surface area contributed by atoms with Crippen LogP contribution < -0.4 is 0 Å². The first kappa shape index (κ1) is 8.59. The van der Waals surface area contributed by atoms with E-state index >= 15 is 0 Å². The summed E-state index contributed by atoms with van der Waals surface area (Å²) in [6, 6.07) is 0.178. The zero-order valence-electron chi connectivity index (χ0n) is 7.37. The van der Waals surface area contributed by atoms with Crippen molar-refractivity contribution in [1.29, 1.82) is 0 Å². The lowest BCUT2D eigenvalue weighted by molar-refractivity contribution is 0.138. The van der Waals surface area contributed by atoms with Gasteiger partial charge in [-0.25, -0.2) is 13.5 Å². The Bertz CT molecular complexity index is 304. The van der Waals surface area contributed by atoms with Gasteiger partial charge in [0.15, 0.2) is 0 Å². The molecule has 0 unspecified atom stereocenters. The molecule has 0 amide bonds. The first-order chi connectivity index (χ1) is 6.24. The Balaban J connectivity index is 2.38. The van der Waals surface area contributed by atoms with Crippen LogP contribution in [-0.2, 0) is 6.42 Å². The molecule has 1 aliphatic rings. The summed E-state index contributed by atoms with van der Waals surface area (Å²) in [7, 11) is 0. The summed E-state index contributed by atoms with van der Waals surface area (Å²) in [5.41, 5.74) is 0.451. The number of rotatable bonds is 3. The van der Waals surface area contributed by atoms with E-state index in [0.717, 1.165) is 12.8 Å². The third kappa shape index (κ3) is 1.43. The van der Waals surface area contributed by atoms with Crippen molar-refractivity contribution in [2.75, 3.05) is 0 Å². The smallest absolute Gasteiger partial charge is 0.240 e. The van der Waals surface area contributed by atoms with Gasteiger partial charge in [0.05, 0.1) is 11.7 Å². The molecule has 13 heavy (non-hydrogen) atoms. The molecule has 0 N–H and O–H groups in total.